The van der Waals surface area contributed by atoms with Crippen LogP contribution in [0.3, 0.4) is 0 Å². The normalized spacial score (nSPS) is 14.1. The number of carbonyl (C=O) groups is 1. The van der Waals surface area contributed by atoms with Crippen molar-refractivity contribution >= 4 is 22.4 Å². The number of aromatic amines is 1. The molecule has 0 amide bonds. The number of ether oxygens (including phenoxy) is 1. The largest absolute Gasteiger partial charge is 0.427 e. The van der Waals surface area contributed by atoms with Gasteiger partial charge >= 0.3 is 5.97 Å². The average Bonchev–Trinajstić information content (AvgIpc) is 3.35. The molecule has 1 aliphatic heterocycles. The molecule has 204 valence electrons. The van der Waals surface area contributed by atoms with Crippen LogP contribution in [0.4, 0.5) is 0 Å². The Bertz CT molecular complexity index is 1150. The zero-order chi connectivity index (χ0) is 26.4. The molecule has 3 aromatic rings. The van der Waals surface area contributed by atoms with Crippen LogP contribution in [0.5, 0.6) is 5.75 Å². The third-order valence-corrected chi connectivity index (χ3v) is 7.81. The number of nitrogens with zero attached hydrogens (tertiary/aromatic N) is 1. The van der Waals surface area contributed by atoms with Crippen molar-refractivity contribution in [3.05, 3.63) is 71.9 Å². The third kappa shape index (κ3) is 8.87. The summed E-state index contributed by atoms with van der Waals surface area (Å²) in [5, 5.41) is 1.18. The number of aromatic nitrogens is 1. The summed E-state index contributed by atoms with van der Waals surface area (Å²) in [5.74, 6) is 0.552. The van der Waals surface area contributed by atoms with E-state index in [-0.39, 0.29) is 5.97 Å². The number of hydrogen-bond donors (Lipinski definition) is 1. The molecule has 38 heavy (non-hydrogen) atoms. The summed E-state index contributed by atoms with van der Waals surface area (Å²) < 4.78 is 5.69. The number of fused-ring (bicyclic) bond motifs is 1. The van der Waals surface area contributed by atoms with Gasteiger partial charge in [-0.25, -0.2) is 0 Å². The highest BCUT2D eigenvalue weighted by atomic mass is 16.5. The lowest BCUT2D eigenvalue weighted by Crippen LogP contribution is -2.29. The first kappa shape index (κ1) is 28.2. The first-order chi connectivity index (χ1) is 18.7. The quantitative estimate of drug-likeness (QED) is 0.118. The van der Waals surface area contributed by atoms with Crippen molar-refractivity contribution in [2.75, 3.05) is 19.6 Å². The van der Waals surface area contributed by atoms with Gasteiger partial charge in [0.2, 0.25) is 0 Å². The van der Waals surface area contributed by atoms with E-state index in [4.69, 9.17) is 4.74 Å². The first-order valence-electron chi connectivity index (χ1n) is 15.0. The fourth-order valence-electron chi connectivity index (χ4n) is 5.49. The van der Waals surface area contributed by atoms with Gasteiger partial charge in [0, 0.05) is 36.6 Å². The van der Waals surface area contributed by atoms with Gasteiger partial charge in [0.25, 0.3) is 0 Å². The molecule has 0 saturated heterocycles. The van der Waals surface area contributed by atoms with E-state index in [1.54, 1.807) is 0 Å². The van der Waals surface area contributed by atoms with Crippen LogP contribution in [0.1, 0.15) is 95.1 Å². The predicted molar refractivity (Wildman–Crippen MR) is 160 cm³/mol. The Balaban J connectivity index is 1.16. The highest BCUT2D eigenvalue weighted by molar-refractivity contribution is 5.85. The Morgan fingerprint density at radius 2 is 1.71 bits per heavy atom. The second-order valence-corrected chi connectivity index (χ2v) is 10.8. The van der Waals surface area contributed by atoms with Gasteiger partial charge < -0.3 is 9.72 Å². The van der Waals surface area contributed by atoms with Crippen molar-refractivity contribution in [3.8, 4) is 5.75 Å². The van der Waals surface area contributed by atoms with Crippen LogP contribution in [0.15, 0.2) is 60.8 Å². The summed E-state index contributed by atoms with van der Waals surface area (Å²) in [6.07, 6.45) is 19.4. The molecule has 0 aliphatic carbocycles. The molecule has 0 fully saturated rings. The van der Waals surface area contributed by atoms with Crippen LogP contribution < -0.4 is 4.74 Å². The number of aryl methyl sites for hydroxylation is 1. The smallest absolute Gasteiger partial charge is 0.311 e. The van der Waals surface area contributed by atoms with Crippen LogP contribution in [0.25, 0.3) is 16.5 Å². The molecule has 4 heteroatoms. The maximum absolute atomic E-state index is 12.4. The lowest BCUT2D eigenvalue weighted by atomic mass is 9.99. The minimum atomic E-state index is -0.113. The molecule has 2 aromatic carbocycles. The second-order valence-electron chi connectivity index (χ2n) is 10.8. The van der Waals surface area contributed by atoms with E-state index < -0.39 is 0 Å². The molecular weight excluding hydrogens is 468 g/mol. The van der Waals surface area contributed by atoms with Gasteiger partial charge in [0.15, 0.2) is 0 Å². The van der Waals surface area contributed by atoms with E-state index in [0.717, 1.165) is 57.3 Å². The Hall–Kier alpha value is -2.85. The molecule has 1 aromatic heterocycles. The van der Waals surface area contributed by atoms with Gasteiger partial charge in [-0.2, -0.15) is 0 Å². The molecule has 2 heterocycles. The van der Waals surface area contributed by atoms with Crippen molar-refractivity contribution < 1.29 is 9.53 Å². The summed E-state index contributed by atoms with van der Waals surface area (Å²) in [4.78, 5) is 18.3. The predicted octanol–water partition coefficient (Wildman–Crippen LogP) is 8.72. The number of rotatable bonds is 16. The summed E-state index contributed by atoms with van der Waals surface area (Å²) in [6.45, 7) is 5.58. The van der Waals surface area contributed by atoms with Crippen LogP contribution >= 0.6 is 0 Å². The molecule has 1 N–H and O–H groups in total. The molecule has 0 saturated carbocycles. The number of benzene rings is 2. The fourth-order valence-corrected chi connectivity index (χ4v) is 5.49. The standard InChI is InChI=1S/C34H46N2O2/c1-2-3-4-5-6-7-8-12-18-34(37)38-31-19-20-33-32(26-31)30(27-35-33)17-13-14-23-36-24-21-29(22-25-36)28-15-10-9-11-16-28/h9-11,15-16,19-21,26-27,35H,2-8,12-14,17-18,22-25H2,1H3. The highest BCUT2D eigenvalue weighted by Gasteiger charge is 2.13. The molecule has 0 spiro atoms. The molecule has 4 nitrogen and oxygen atoms in total. The van der Waals surface area contributed by atoms with Crippen LogP contribution in [-0.4, -0.2) is 35.5 Å². The van der Waals surface area contributed by atoms with Gasteiger partial charge in [0.05, 0.1) is 0 Å². The van der Waals surface area contributed by atoms with Crippen molar-refractivity contribution in [1.82, 2.24) is 9.88 Å². The van der Waals surface area contributed by atoms with E-state index in [2.05, 4.69) is 59.4 Å². The van der Waals surface area contributed by atoms with Crippen molar-refractivity contribution in [3.63, 3.8) is 0 Å². The molecule has 0 atom stereocenters. The molecule has 4 rings (SSSR count). The van der Waals surface area contributed by atoms with E-state index in [1.165, 1.54) is 67.0 Å². The third-order valence-electron chi connectivity index (χ3n) is 7.81. The van der Waals surface area contributed by atoms with Gasteiger partial charge in [-0.05, 0) is 73.5 Å². The fraction of sp³-hybridized carbons (Fsp3) is 0.500. The SMILES string of the molecule is CCCCCCCCCCC(=O)Oc1ccc2[nH]cc(CCCCN3CC=C(c4ccccc4)CC3)c2c1. The summed E-state index contributed by atoms with van der Waals surface area (Å²) in [5.41, 5.74) is 5.27. The Labute approximate surface area is 229 Å². The lowest BCUT2D eigenvalue weighted by molar-refractivity contribution is -0.134. The number of carbonyl (C=O) groups excluding carboxylic acids is 1. The minimum absolute atomic E-state index is 0.113. The first-order valence-corrected chi connectivity index (χ1v) is 15.0. The number of H-pyrrole nitrogens is 1. The van der Waals surface area contributed by atoms with E-state index >= 15 is 0 Å². The topological polar surface area (TPSA) is 45.3 Å². The van der Waals surface area contributed by atoms with Gasteiger partial charge in [0.1, 0.15) is 5.75 Å². The summed E-state index contributed by atoms with van der Waals surface area (Å²) in [6, 6.07) is 16.7. The number of nitrogens with one attached hydrogen (secondary N) is 1. The van der Waals surface area contributed by atoms with Gasteiger partial charge in [-0.1, -0.05) is 88.3 Å². The average molecular weight is 515 g/mol. The van der Waals surface area contributed by atoms with Crippen molar-refractivity contribution in [2.45, 2.75) is 90.4 Å². The molecule has 0 bridgehead atoms. The van der Waals surface area contributed by atoms with E-state index in [1.807, 2.05) is 18.2 Å². The van der Waals surface area contributed by atoms with Gasteiger partial charge in [-0.15, -0.1) is 0 Å². The summed E-state index contributed by atoms with van der Waals surface area (Å²) in [7, 11) is 0. The van der Waals surface area contributed by atoms with Crippen molar-refractivity contribution in [1.29, 1.82) is 0 Å². The van der Waals surface area contributed by atoms with Crippen molar-refractivity contribution in [2.24, 2.45) is 0 Å². The lowest BCUT2D eigenvalue weighted by Gasteiger charge is -2.26. The Kier molecular flexibility index (Phi) is 11.5. The van der Waals surface area contributed by atoms with Crippen LogP contribution in [-0.2, 0) is 11.2 Å². The Morgan fingerprint density at radius 3 is 2.47 bits per heavy atom. The van der Waals surface area contributed by atoms with Gasteiger partial charge in [-0.3, -0.25) is 9.69 Å². The minimum Gasteiger partial charge on any atom is -0.427 e. The zero-order valence-electron chi connectivity index (χ0n) is 23.4. The van der Waals surface area contributed by atoms with E-state index in [9.17, 15) is 4.79 Å². The number of hydrogen-bond acceptors (Lipinski definition) is 3. The second kappa shape index (κ2) is 15.5. The highest BCUT2D eigenvalue weighted by Crippen LogP contribution is 2.26. The van der Waals surface area contributed by atoms with E-state index in [0.29, 0.717) is 12.2 Å². The maximum atomic E-state index is 12.4. The number of unbranched alkanes of at least 4 members (excludes halogenated alkanes) is 8. The molecule has 0 radical (unpaired) electrons. The molecule has 0 unspecified atom stereocenters. The van der Waals surface area contributed by atoms with Crippen LogP contribution in [0.2, 0.25) is 0 Å². The monoisotopic (exact) mass is 514 g/mol. The summed E-state index contributed by atoms with van der Waals surface area (Å²) >= 11 is 0. The molecule has 1 aliphatic rings. The van der Waals surface area contributed by atoms with Crippen LogP contribution in [0, 0.1) is 0 Å². The number of esters is 1. The molecular formula is C34H46N2O2. The zero-order valence-corrected chi connectivity index (χ0v) is 23.4. The Morgan fingerprint density at radius 1 is 0.921 bits per heavy atom. The maximum Gasteiger partial charge on any atom is 0.311 e.